The summed E-state index contributed by atoms with van der Waals surface area (Å²) in [6.45, 7) is 1.75. The van der Waals surface area contributed by atoms with E-state index in [-0.39, 0.29) is 23.4 Å². The molecule has 1 amide bonds. The minimum Gasteiger partial charge on any atom is -0.309 e. The van der Waals surface area contributed by atoms with Gasteiger partial charge >= 0.3 is 0 Å². The maximum Gasteiger partial charge on any atom is 0.267 e. The molecule has 4 rings (SSSR count). The van der Waals surface area contributed by atoms with Crippen LogP contribution in [0.3, 0.4) is 0 Å². The first kappa shape index (κ1) is 17.5. The molecule has 1 aliphatic carbocycles. The van der Waals surface area contributed by atoms with E-state index < -0.39 is 30.2 Å². The molecule has 0 saturated heterocycles. The van der Waals surface area contributed by atoms with E-state index in [0.717, 1.165) is 5.56 Å². The number of fused-ring (bicyclic) bond motifs is 1. The topological polar surface area (TPSA) is 46.4 Å². The van der Waals surface area contributed by atoms with Crippen molar-refractivity contribution >= 4 is 17.4 Å². The molecular weight excluding hydrogens is 362 g/mol. The number of aromatic nitrogens is 2. The first-order valence-corrected chi connectivity index (χ1v) is 8.35. The molecule has 1 aliphatic rings. The van der Waals surface area contributed by atoms with Crippen molar-refractivity contribution in [1.82, 2.24) is 9.38 Å². The van der Waals surface area contributed by atoms with Gasteiger partial charge in [0, 0.05) is 6.20 Å². The zero-order chi connectivity index (χ0) is 19.3. The molecular formula is C19H15F4N3O. The second-order valence-electron chi connectivity index (χ2n) is 6.65. The molecule has 1 fully saturated rings. The lowest BCUT2D eigenvalue weighted by Gasteiger charge is -2.10. The second-order valence-corrected chi connectivity index (χ2v) is 6.65. The number of hydrogen-bond acceptors (Lipinski definition) is 2. The molecule has 1 N–H and O–H groups in total. The summed E-state index contributed by atoms with van der Waals surface area (Å²) in [5, 5.41) is 2.45. The van der Waals surface area contributed by atoms with Crippen molar-refractivity contribution in [3.63, 3.8) is 0 Å². The van der Waals surface area contributed by atoms with Crippen LogP contribution in [-0.2, 0) is 4.79 Å². The number of benzene rings is 1. The van der Waals surface area contributed by atoms with Crippen LogP contribution in [0.1, 0.15) is 24.0 Å². The number of nitrogens with zero attached hydrogens (tertiary/aromatic N) is 2. The average Bonchev–Trinajstić information content (AvgIpc) is 3.21. The van der Waals surface area contributed by atoms with Crippen LogP contribution >= 0.6 is 0 Å². The summed E-state index contributed by atoms with van der Waals surface area (Å²) in [6, 6.07) is 5.41. The van der Waals surface area contributed by atoms with Crippen molar-refractivity contribution in [2.75, 3.05) is 5.32 Å². The third-order valence-electron chi connectivity index (χ3n) is 4.63. The Balaban J connectivity index is 1.78. The van der Waals surface area contributed by atoms with Crippen molar-refractivity contribution in [1.29, 1.82) is 0 Å². The van der Waals surface area contributed by atoms with Crippen LogP contribution in [0, 0.1) is 18.7 Å². The lowest BCUT2D eigenvalue weighted by Crippen LogP contribution is -2.15. The van der Waals surface area contributed by atoms with Crippen molar-refractivity contribution in [3.8, 4) is 11.1 Å². The first-order valence-electron chi connectivity index (χ1n) is 8.35. The molecule has 0 aliphatic heterocycles. The normalized spacial score (nSPS) is 18.9. The number of carbonyl (C=O) groups excluding carboxylic acids is 1. The van der Waals surface area contributed by atoms with E-state index in [1.807, 2.05) is 0 Å². The maximum absolute atomic E-state index is 13.6. The predicted molar refractivity (Wildman–Crippen MR) is 91.9 cm³/mol. The second kappa shape index (κ2) is 6.37. The van der Waals surface area contributed by atoms with E-state index in [4.69, 9.17) is 0 Å². The molecule has 0 spiro atoms. The quantitative estimate of drug-likeness (QED) is 0.671. The number of hydrogen-bond donors (Lipinski definition) is 1. The summed E-state index contributed by atoms with van der Waals surface area (Å²) in [5.74, 6) is -1.65. The smallest absolute Gasteiger partial charge is 0.267 e. The molecule has 2 aromatic heterocycles. The van der Waals surface area contributed by atoms with Gasteiger partial charge in [0.15, 0.2) is 5.82 Å². The molecule has 0 radical (unpaired) electrons. The Hall–Kier alpha value is -2.90. The molecule has 2 unspecified atom stereocenters. The number of carbonyl (C=O) groups is 1. The molecule has 4 nitrogen and oxygen atoms in total. The Morgan fingerprint density at radius 3 is 2.70 bits per heavy atom. The molecule has 27 heavy (non-hydrogen) atoms. The fourth-order valence-electron chi connectivity index (χ4n) is 3.05. The third-order valence-corrected chi connectivity index (χ3v) is 4.63. The fourth-order valence-corrected chi connectivity index (χ4v) is 3.05. The van der Waals surface area contributed by atoms with E-state index in [2.05, 4.69) is 10.3 Å². The van der Waals surface area contributed by atoms with Gasteiger partial charge in [-0.15, -0.1) is 0 Å². The van der Waals surface area contributed by atoms with Gasteiger partial charge in [0.2, 0.25) is 5.91 Å². The van der Waals surface area contributed by atoms with Crippen molar-refractivity contribution < 1.29 is 22.4 Å². The Morgan fingerprint density at radius 2 is 2.04 bits per heavy atom. The Labute approximate surface area is 151 Å². The molecule has 140 valence electrons. The number of rotatable bonds is 4. The number of amides is 1. The number of anilines is 1. The molecule has 8 heteroatoms. The van der Waals surface area contributed by atoms with Gasteiger partial charge in [0.25, 0.3) is 6.43 Å². The number of imidazole rings is 1. The van der Waals surface area contributed by atoms with Gasteiger partial charge in [0.05, 0.1) is 17.7 Å². The van der Waals surface area contributed by atoms with E-state index in [1.54, 1.807) is 19.2 Å². The van der Waals surface area contributed by atoms with Crippen molar-refractivity contribution in [2.24, 2.45) is 5.92 Å². The summed E-state index contributed by atoms with van der Waals surface area (Å²) >= 11 is 0. The van der Waals surface area contributed by atoms with E-state index >= 15 is 0 Å². The highest BCUT2D eigenvalue weighted by molar-refractivity contribution is 5.94. The zero-order valence-electron chi connectivity index (χ0n) is 14.2. The van der Waals surface area contributed by atoms with Crippen LogP contribution < -0.4 is 5.32 Å². The van der Waals surface area contributed by atoms with Crippen LogP contribution in [0.4, 0.5) is 23.4 Å². The number of pyridine rings is 1. The molecule has 3 aromatic rings. The lowest BCUT2D eigenvalue weighted by atomic mass is 10.0. The monoisotopic (exact) mass is 377 g/mol. The van der Waals surface area contributed by atoms with Gasteiger partial charge in [0.1, 0.15) is 17.6 Å². The lowest BCUT2D eigenvalue weighted by molar-refractivity contribution is -0.117. The summed E-state index contributed by atoms with van der Waals surface area (Å²) in [6.07, 6.45) is -0.898. The Bertz CT molecular complexity index is 1050. The minimum absolute atomic E-state index is 0.0225. The highest BCUT2D eigenvalue weighted by Gasteiger charge is 2.43. The summed E-state index contributed by atoms with van der Waals surface area (Å²) in [4.78, 5) is 15.9. The standard InChI is InChI=1S/C19H15F4N3O/c1-9-2-3-11(20)5-12(9)10-4-14(17(22)23)18-24-16(8-26(18)7-10)25-19(27)13-6-15(13)21/h2-5,7-8,13,15,17H,6H2,1H3,(H,25,27). The fraction of sp³-hybridized carbons (Fsp3) is 0.263. The van der Waals surface area contributed by atoms with Gasteiger partial charge in [-0.3, -0.25) is 4.79 Å². The molecule has 2 heterocycles. The number of nitrogens with one attached hydrogen (secondary N) is 1. The zero-order valence-corrected chi connectivity index (χ0v) is 14.2. The van der Waals surface area contributed by atoms with Crippen LogP contribution in [0.2, 0.25) is 0 Å². The highest BCUT2D eigenvalue weighted by atomic mass is 19.3. The predicted octanol–water partition coefficient (Wildman–Crippen LogP) is 4.68. The molecule has 2 atom stereocenters. The largest absolute Gasteiger partial charge is 0.309 e. The van der Waals surface area contributed by atoms with Crippen LogP contribution in [-0.4, -0.2) is 21.5 Å². The van der Waals surface area contributed by atoms with Crippen LogP contribution in [0.25, 0.3) is 16.8 Å². The van der Waals surface area contributed by atoms with Gasteiger partial charge < -0.3 is 9.72 Å². The van der Waals surface area contributed by atoms with Gasteiger partial charge in [-0.05, 0) is 48.2 Å². The van der Waals surface area contributed by atoms with E-state index in [0.29, 0.717) is 11.1 Å². The van der Waals surface area contributed by atoms with Gasteiger partial charge in [-0.2, -0.15) is 0 Å². The number of aryl methyl sites for hydroxylation is 1. The summed E-state index contributed by atoms with van der Waals surface area (Å²) in [7, 11) is 0. The van der Waals surface area contributed by atoms with Gasteiger partial charge in [-0.25, -0.2) is 22.5 Å². The third kappa shape index (κ3) is 3.27. The van der Waals surface area contributed by atoms with Gasteiger partial charge in [-0.1, -0.05) is 6.07 Å². The average molecular weight is 377 g/mol. The summed E-state index contributed by atoms with van der Waals surface area (Å²) in [5.41, 5.74) is 1.25. The maximum atomic E-state index is 13.6. The highest BCUT2D eigenvalue weighted by Crippen LogP contribution is 2.35. The number of halogens is 4. The SMILES string of the molecule is Cc1ccc(F)cc1-c1cc(C(F)F)c2nc(NC(=O)C3CC3F)cn2c1. The number of alkyl halides is 3. The Kier molecular flexibility index (Phi) is 4.13. The molecule has 0 bridgehead atoms. The first-order chi connectivity index (χ1) is 12.8. The molecule has 1 aromatic carbocycles. The van der Waals surface area contributed by atoms with Crippen LogP contribution in [0.15, 0.2) is 36.7 Å². The van der Waals surface area contributed by atoms with Crippen molar-refractivity contribution in [2.45, 2.75) is 25.9 Å². The van der Waals surface area contributed by atoms with E-state index in [9.17, 15) is 22.4 Å². The van der Waals surface area contributed by atoms with E-state index in [1.165, 1.54) is 28.8 Å². The summed E-state index contributed by atoms with van der Waals surface area (Å²) < 4.78 is 55.1. The molecule has 1 saturated carbocycles. The van der Waals surface area contributed by atoms with Crippen LogP contribution in [0.5, 0.6) is 0 Å². The Morgan fingerprint density at radius 1 is 1.30 bits per heavy atom. The van der Waals surface area contributed by atoms with Crippen molar-refractivity contribution in [3.05, 3.63) is 53.6 Å². The minimum atomic E-state index is -2.81.